The molecule has 0 aliphatic heterocycles. The SMILES string of the molecule is Cc1nn(C)c(C)c1CNS(=O)(=O)c1cnc(N)nc1. The van der Waals surface area contributed by atoms with Crippen molar-refractivity contribution < 1.29 is 8.42 Å². The Labute approximate surface area is 117 Å². The molecule has 8 nitrogen and oxygen atoms in total. The molecule has 0 fully saturated rings. The lowest BCUT2D eigenvalue weighted by atomic mass is 10.2. The summed E-state index contributed by atoms with van der Waals surface area (Å²) in [6, 6.07) is 0. The van der Waals surface area contributed by atoms with Crippen molar-refractivity contribution in [2.24, 2.45) is 7.05 Å². The van der Waals surface area contributed by atoms with E-state index in [1.54, 1.807) is 4.68 Å². The fourth-order valence-electron chi connectivity index (χ4n) is 1.79. The first kappa shape index (κ1) is 14.4. The van der Waals surface area contributed by atoms with E-state index in [1.165, 1.54) is 12.4 Å². The Hall–Kier alpha value is -2.00. The first-order valence-corrected chi connectivity index (χ1v) is 7.36. The number of rotatable bonds is 4. The highest BCUT2D eigenvalue weighted by Gasteiger charge is 2.17. The number of hydrogen-bond acceptors (Lipinski definition) is 6. The molecular weight excluding hydrogens is 280 g/mol. The highest BCUT2D eigenvalue weighted by atomic mass is 32.2. The van der Waals surface area contributed by atoms with Crippen molar-refractivity contribution in [1.29, 1.82) is 0 Å². The third-order valence-corrected chi connectivity index (χ3v) is 4.41. The number of aromatic nitrogens is 4. The van der Waals surface area contributed by atoms with Gasteiger partial charge < -0.3 is 5.73 Å². The van der Waals surface area contributed by atoms with E-state index in [4.69, 9.17) is 5.73 Å². The molecule has 2 rings (SSSR count). The van der Waals surface area contributed by atoms with Gasteiger partial charge in [0.15, 0.2) is 0 Å². The first-order valence-electron chi connectivity index (χ1n) is 5.87. The van der Waals surface area contributed by atoms with Gasteiger partial charge in [0, 0.05) is 24.8 Å². The van der Waals surface area contributed by atoms with Gasteiger partial charge in [-0.2, -0.15) is 5.10 Å². The Morgan fingerprint density at radius 1 is 1.30 bits per heavy atom. The van der Waals surface area contributed by atoms with Crippen LogP contribution in [0.25, 0.3) is 0 Å². The zero-order valence-corrected chi connectivity index (χ0v) is 12.3. The van der Waals surface area contributed by atoms with Gasteiger partial charge in [0.2, 0.25) is 16.0 Å². The Balaban J connectivity index is 2.19. The molecule has 0 saturated carbocycles. The van der Waals surface area contributed by atoms with Crippen LogP contribution in [0.1, 0.15) is 17.0 Å². The van der Waals surface area contributed by atoms with Gasteiger partial charge in [-0.25, -0.2) is 23.1 Å². The van der Waals surface area contributed by atoms with Crippen molar-refractivity contribution in [3.05, 3.63) is 29.3 Å². The van der Waals surface area contributed by atoms with Gasteiger partial charge in [-0.3, -0.25) is 4.68 Å². The molecule has 9 heteroatoms. The molecule has 0 aliphatic carbocycles. The lowest BCUT2D eigenvalue weighted by Crippen LogP contribution is -2.24. The Morgan fingerprint density at radius 2 is 1.90 bits per heavy atom. The lowest BCUT2D eigenvalue weighted by Gasteiger charge is -2.06. The van der Waals surface area contributed by atoms with E-state index in [9.17, 15) is 8.42 Å². The lowest BCUT2D eigenvalue weighted by molar-refractivity contribution is 0.580. The van der Waals surface area contributed by atoms with Crippen molar-refractivity contribution in [3.8, 4) is 0 Å². The molecular formula is C11H16N6O2S. The topological polar surface area (TPSA) is 116 Å². The highest BCUT2D eigenvalue weighted by Crippen LogP contribution is 2.13. The summed E-state index contributed by atoms with van der Waals surface area (Å²) in [4.78, 5) is 7.32. The molecule has 2 aromatic rings. The minimum Gasteiger partial charge on any atom is -0.368 e. The average Bonchev–Trinajstić information content (AvgIpc) is 2.62. The summed E-state index contributed by atoms with van der Waals surface area (Å²) in [5.74, 6) is 0.0305. The van der Waals surface area contributed by atoms with E-state index in [0.717, 1.165) is 17.0 Å². The van der Waals surface area contributed by atoms with Crippen LogP contribution in [0.5, 0.6) is 0 Å². The zero-order chi connectivity index (χ0) is 14.9. The van der Waals surface area contributed by atoms with Gasteiger partial charge in [0.1, 0.15) is 4.90 Å². The summed E-state index contributed by atoms with van der Waals surface area (Å²) in [6.45, 7) is 3.89. The van der Waals surface area contributed by atoms with Gasteiger partial charge >= 0.3 is 0 Å². The number of hydrogen-bond donors (Lipinski definition) is 2. The van der Waals surface area contributed by atoms with Crippen LogP contribution < -0.4 is 10.5 Å². The molecule has 0 amide bonds. The maximum atomic E-state index is 12.1. The van der Waals surface area contributed by atoms with Crippen molar-refractivity contribution in [1.82, 2.24) is 24.5 Å². The standard InChI is InChI=1S/C11H16N6O2S/c1-7-10(8(2)17(3)16-7)6-15-20(18,19)9-4-13-11(12)14-5-9/h4-5,15H,6H2,1-3H3,(H2,12,13,14). The summed E-state index contributed by atoms with van der Waals surface area (Å²) in [7, 11) is -1.85. The second-order valence-corrected chi connectivity index (χ2v) is 6.14. The van der Waals surface area contributed by atoms with Crippen LogP contribution in [0.3, 0.4) is 0 Å². The molecule has 3 N–H and O–H groups in total. The molecule has 0 radical (unpaired) electrons. The zero-order valence-electron chi connectivity index (χ0n) is 11.5. The molecule has 0 unspecified atom stereocenters. The molecule has 0 spiro atoms. The quantitative estimate of drug-likeness (QED) is 0.813. The smallest absolute Gasteiger partial charge is 0.243 e. The maximum absolute atomic E-state index is 12.1. The predicted octanol–water partition coefficient (Wildman–Crippen LogP) is -0.112. The fraction of sp³-hybridized carbons (Fsp3) is 0.364. The molecule has 0 aromatic carbocycles. The third-order valence-electron chi connectivity index (χ3n) is 3.06. The fourth-order valence-corrected chi connectivity index (χ4v) is 2.67. The van der Waals surface area contributed by atoms with Gasteiger partial charge in [0.05, 0.1) is 18.1 Å². The van der Waals surface area contributed by atoms with E-state index in [2.05, 4.69) is 19.8 Å². The first-order chi connectivity index (χ1) is 9.31. The summed E-state index contributed by atoms with van der Waals surface area (Å²) in [5, 5.41) is 4.24. The van der Waals surface area contributed by atoms with Gasteiger partial charge in [-0.15, -0.1) is 0 Å². The summed E-state index contributed by atoms with van der Waals surface area (Å²) in [6.07, 6.45) is 2.35. The highest BCUT2D eigenvalue weighted by molar-refractivity contribution is 7.89. The number of sulfonamides is 1. The molecule has 108 valence electrons. The molecule has 2 aromatic heterocycles. The monoisotopic (exact) mass is 296 g/mol. The summed E-state index contributed by atoms with van der Waals surface area (Å²) in [5.41, 5.74) is 7.89. The van der Waals surface area contributed by atoms with E-state index in [-0.39, 0.29) is 17.4 Å². The van der Waals surface area contributed by atoms with Gasteiger partial charge in [0.25, 0.3) is 0 Å². The van der Waals surface area contributed by atoms with Crippen LogP contribution >= 0.6 is 0 Å². The Morgan fingerprint density at radius 3 is 2.40 bits per heavy atom. The Bertz CT molecular complexity index is 720. The minimum atomic E-state index is -3.67. The van der Waals surface area contributed by atoms with Crippen LogP contribution in [0.2, 0.25) is 0 Å². The second kappa shape index (κ2) is 5.17. The average molecular weight is 296 g/mol. The van der Waals surface area contributed by atoms with Crippen molar-refractivity contribution in [3.63, 3.8) is 0 Å². The van der Waals surface area contributed by atoms with Crippen LogP contribution in [0.15, 0.2) is 17.3 Å². The number of anilines is 1. The molecule has 0 bridgehead atoms. The van der Waals surface area contributed by atoms with Crippen LogP contribution in [0.4, 0.5) is 5.95 Å². The largest absolute Gasteiger partial charge is 0.368 e. The van der Waals surface area contributed by atoms with Crippen LogP contribution in [0, 0.1) is 13.8 Å². The number of aryl methyl sites for hydroxylation is 2. The third kappa shape index (κ3) is 2.78. The van der Waals surface area contributed by atoms with E-state index in [1.807, 2.05) is 20.9 Å². The molecule has 0 aliphatic rings. The van der Waals surface area contributed by atoms with Crippen molar-refractivity contribution >= 4 is 16.0 Å². The normalized spacial score (nSPS) is 11.8. The maximum Gasteiger partial charge on any atom is 0.243 e. The van der Waals surface area contributed by atoms with Crippen LogP contribution in [-0.2, 0) is 23.6 Å². The molecule has 0 atom stereocenters. The molecule has 2 heterocycles. The second-order valence-electron chi connectivity index (χ2n) is 4.37. The van der Waals surface area contributed by atoms with Crippen LogP contribution in [-0.4, -0.2) is 28.2 Å². The number of nitrogens with zero attached hydrogens (tertiary/aromatic N) is 4. The van der Waals surface area contributed by atoms with E-state index in [0.29, 0.717) is 0 Å². The van der Waals surface area contributed by atoms with Crippen molar-refractivity contribution in [2.45, 2.75) is 25.3 Å². The Kier molecular flexibility index (Phi) is 3.73. The number of nitrogens with two attached hydrogens (primary N) is 1. The molecule has 0 saturated heterocycles. The molecule has 20 heavy (non-hydrogen) atoms. The van der Waals surface area contributed by atoms with Gasteiger partial charge in [-0.05, 0) is 13.8 Å². The van der Waals surface area contributed by atoms with Gasteiger partial charge in [-0.1, -0.05) is 0 Å². The van der Waals surface area contributed by atoms with E-state index < -0.39 is 10.0 Å². The minimum absolute atomic E-state index is 0.0223. The summed E-state index contributed by atoms with van der Waals surface area (Å²) < 4.78 is 28.4. The summed E-state index contributed by atoms with van der Waals surface area (Å²) >= 11 is 0. The number of nitrogen functional groups attached to an aromatic ring is 1. The number of nitrogens with one attached hydrogen (secondary N) is 1. The van der Waals surface area contributed by atoms with E-state index >= 15 is 0 Å². The van der Waals surface area contributed by atoms with Crippen molar-refractivity contribution in [2.75, 3.05) is 5.73 Å². The predicted molar refractivity (Wildman–Crippen MR) is 73.2 cm³/mol.